The molecule has 308 valence electrons. The molecule has 6 saturated heterocycles. The maximum absolute atomic E-state index is 14.7. The number of rotatable bonds is 7. The van der Waals surface area contributed by atoms with Crippen molar-refractivity contribution in [2.24, 2.45) is 38.8 Å². The van der Waals surface area contributed by atoms with E-state index in [1.165, 1.54) is 0 Å². The van der Waals surface area contributed by atoms with Gasteiger partial charge < -0.3 is 34.2 Å². The summed E-state index contributed by atoms with van der Waals surface area (Å²) in [7, 11) is 0. The van der Waals surface area contributed by atoms with Gasteiger partial charge in [0, 0.05) is 101 Å². The number of ether oxygens (including phenoxy) is 3. The van der Waals surface area contributed by atoms with Crippen molar-refractivity contribution in [1.82, 2.24) is 20.0 Å². The molecule has 0 bridgehead atoms. The summed E-state index contributed by atoms with van der Waals surface area (Å²) in [5.74, 6) is 2.20. The van der Waals surface area contributed by atoms with Crippen LogP contribution in [0.25, 0.3) is 0 Å². The Hall–Kier alpha value is -3.54. The molecule has 4 unspecified atom stereocenters. The lowest BCUT2D eigenvalue weighted by Gasteiger charge is -2.29. The van der Waals surface area contributed by atoms with E-state index in [-0.39, 0.29) is 17.7 Å². The molecule has 2 aromatic rings. The number of hydrogen-bond donors (Lipinski definition) is 2. The maximum atomic E-state index is 14.7. The average Bonchev–Trinajstić information content (AvgIpc) is 3.96. The number of likely N-dealkylation sites (tertiary alicyclic amines) is 3. The van der Waals surface area contributed by atoms with Crippen LogP contribution in [0.5, 0.6) is 0 Å². The van der Waals surface area contributed by atoms with E-state index in [2.05, 4.69) is 57.8 Å². The highest BCUT2D eigenvalue weighted by molar-refractivity contribution is 6.13. The number of halogens is 3. The summed E-state index contributed by atoms with van der Waals surface area (Å²) in [6, 6.07) is 11.3. The van der Waals surface area contributed by atoms with E-state index in [0.29, 0.717) is 31.6 Å². The van der Waals surface area contributed by atoms with Crippen LogP contribution in [0.1, 0.15) is 31.9 Å². The third-order valence-corrected chi connectivity index (χ3v) is 11.4. The molecule has 8 rings (SSSR count). The summed E-state index contributed by atoms with van der Waals surface area (Å²) in [5.41, 5.74) is 8.89. The molecule has 2 N–H and O–H groups in total. The number of hydrogen-bond acceptors (Lipinski definition) is 11. The maximum Gasteiger partial charge on any atom is 0.410 e. The highest BCUT2D eigenvalue weighted by Crippen LogP contribution is 2.34. The van der Waals surface area contributed by atoms with Gasteiger partial charge in [-0.25, -0.2) is 13.6 Å². The molecule has 0 saturated carbocycles. The van der Waals surface area contributed by atoms with Gasteiger partial charge in [-0.1, -0.05) is 16.8 Å². The summed E-state index contributed by atoms with van der Waals surface area (Å²) in [5, 5.41) is 8.53. The van der Waals surface area contributed by atoms with Crippen molar-refractivity contribution in [2.75, 3.05) is 115 Å². The number of fused-ring (bicyclic) bond motifs is 2. The molecule has 0 aliphatic carbocycles. The van der Waals surface area contributed by atoms with Gasteiger partial charge >= 0.3 is 6.09 Å². The molecule has 56 heavy (non-hydrogen) atoms. The number of nitrogens with one attached hydrogen (secondary N) is 2. The standard InChI is InChI=1S/C22H32FN3O3.C17H24FN3O.ClHN4/c1-22(2,3)29-21(27)26-14-17-12-24(13-18(17)15-26)11-16-4-5-19(10-20(16)23)25-6-8-28-9-7-25;18-17-7-16(21-3-5-22-6-4-21)2-1-13(17)10-20-11-14-8-19-9-15(14)12-20;1-3-5-4-2/h4-5,10,17-18H,6-9,11-15H2,1-3H3;1-2,7,14-15,19H,3-6,8-12H2;2H. The molecule has 14 nitrogen and oxygen atoms in total. The Morgan fingerprint density at radius 2 is 1.23 bits per heavy atom. The first-order chi connectivity index (χ1) is 27.0. The largest absolute Gasteiger partial charge is 0.444 e. The van der Waals surface area contributed by atoms with Crippen LogP contribution in [-0.2, 0) is 27.3 Å². The molecule has 6 heterocycles. The molecule has 6 aliphatic heterocycles. The molecule has 0 radical (unpaired) electrons. The van der Waals surface area contributed by atoms with Gasteiger partial charge in [0.2, 0.25) is 0 Å². The molecular formula is C39H57ClF2N10O4. The van der Waals surface area contributed by atoms with Crippen LogP contribution in [0.2, 0.25) is 0 Å². The molecule has 0 aromatic heterocycles. The number of nitrogens with zero attached hydrogens (tertiary/aromatic N) is 8. The third-order valence-electron chi connectivity index (χ3n) is 11.4. The van der Waals surface area contributed by atoms with E-state index in [1.54, 1.807) is 12.1 Å². The van der Waals surface area contributed by atoms with Crippen LogP contribution in [0.4, 0.5) is 25.0 Å². The fourth-order valence-electron chi connectivity index (χ4n) is 8.64. The van der Waals surface area contributed by atoms with Crippen molar-refractivity contribution in [2.45, 2.75) is 39.5 Å². The third kappa shape index (κ3) is 11.5. The Labute approximate surface area is 334 Å². The second-order valence-electron chi connectivity index (χ2n) is 16.5. The Bertz CT molecular complexity index is 1620. The second kappa shape index (κ2) is 19.7. The molecule has 1 amide bonds. The predicted molar refractivity (Wildman–Crippen MR) is 210 cm³/mol. The SMILES string of the molecule is CC(C)(C)OC(=O)N1CC2CN(Cc3ccc(N4CCOCC4)cc3F)CC2C1.Fc1cc(N2CCOCC2)ccc1CN1CC2CNCC2C1.N=NN=NCl. The van der Waals surface area contributed by atoms with Crippen molar-refractivity contribution in [3.8, 4) is 0 Å². The normalized spacial score (nSPS) is 25.4. The van der Waals surface area contributed by atoms with Crippen LogP contribution < -0.4 is 15.1 Å². The van der Waals surface area contributed by atoms with Gasteiger partial charge in [-0.05, 0) is 92.2 Å². The highest BCUT2D eigenvalue weighted by atomic mass is 35.5. The summed E-state index contributed by atoms with van der Waals surface area (Å²) in [4.78, 5) is 23.2. The zero-order chi connectivity index (χ0) is 39.7. The molecule has 0 spiro atoms. The second-order valence-corrected chi connectivity index (χ2v) is 16.6. The van der Waals surface area contributed by atoms with Crippen molar-refractivity contribution in [1.29, 1.82) is 5.53 Å². The lowest BCUT2D eigenvalue weighted by atomic mass is 10.0. The molecule has 6 fully saturated rings. The van der Waals surface area contributed by atoms with Gasteiger partial charge in [-0.3, -0.25) is 9.80 Å². The summed E-state index contributed by atoms with van der Waals surface area (Å²) < 4.78 is 48.0. The molecule has 6 aliphatic rings. The zero-order valence-electron chi connectivity index (χ0n) is 32.8. The monoisotopic (exact) mass is 802 g/mol. The quantitative estimate of drug-likeness (QED) is 0.263. The van der Waals surface area contributed by atoms with E-state index >= 15 is 0 Å². The van der Waals surface area contributed by atoms with E-state index in [9.17, 15) is 13.6 Å². The van der Waals surface area contributed by atoms with Crippen molar-refractivity contribution < 1.29 is 27.8 Å². The highest BCUT2D eigenvalue weighted by Gasteiger charge is 2.43. The van der Waals surface area contributed by atoms with Crippen molar-refractivity contribution >= 4 is 29.2 Å². The number of benzene rings is 2. The minimum atomic E-state index is -0.467. The van der Waals surface area contributed by atoms with Gasteiger partial charge in [0.05, 0.1) is 38.2 Å². The Morgan fingerprint density at radius 3 is 1.61 bits per heavy atom. The van der Waals surface area contributed by atoms with Crippen LogP contribution >= 0.6 is 11.8 Å². The van der Waals surface area contributed by atoms with Gasteiger partial charge in [-0.2, -0.15) is 5.53 Å². The minimum absolute atomic E-state index is 0.0702. The molecule has 17 heteroatoms. The van der Waals surface area contributed by atoms with Crippen LogP contribution in [-0.4, -0.2) is 131 Å². The average molecular weight is 803 g/mol. The Kier molecular flexibility index (Phi) is 14.8. The number of morpholine rings is 2. The fourth-order valence-corrected chi connectivity index (χ4v) is 8.67. The number of anilines is 2. The van der Waals surface area contributed by atoms with Crippen LogP contribution in [0, 0.1) is 40.8 Å². The minimum Gasteiger partial charge on any atom is -0.444 e. The Morgan fingerprint density at radius 1 is 0.786 bits per heavy atom. The van der Waals surface area contributed by atoms with Gasteiger partial charge in [0.25, 0.3) is 0 Å². The van der Waals surface area contributed by atoms with E-state index in [1.807, 2.05) is 43.9 Å². The lowest BCUT2D eigenvalue weighted by molar-refractivity contribution is 0.0274. The lowest BCUT2D eigenvalue weighted by Crippen LogP contribution is -2.37. The van der Waals surface area contributed by atoms with Crippen molar-refractivity contribution in [3.05, 3.63) is 59.2 Å². The summed E-state index contributed by atoms with van der Waals surface area (Å²) in [6.45, 7) is 20.9. The molecule has 2 aromatic carbocycles. The van der Waals surface area contributed by atoms with E-state index < -0.39 is 5.60 Å². The molecular weight excluding hydrogens is 746 g/mol. The first kappa shape index (κ1) is 42.1. The summed E-state index contributed by atoms with van der Waals surface area (Å²) in [6.07, 6.45) is -0.219. The van der Waals surface area contributed by atoms with Gasteiger partial charge in [0.1, 0.15) is 17.2 Å². The molecule has 4 atom stereocenters. The first-order valence-corrected chi connectivity index (χ1v) is 20.1. The van der Waals surface area contributed by atoms with Gasteiger partial charge in [0.15, 0.2) is 0 Å². The summed E-state index contributed by atoms with van der Waals surface area (Å²) >= 11 is 4.55. The topological polar surface area (TPSA) is 134 Å². The Balaban J connectivity index is 0.000000174. The van der Waals surface area contributed by atoms with E-state index in [0.717, 1.165) is 133 Å². The number of amides is 1. The first-order valence-electron chi connectivity index (χ1n) is 19.7. The smallest absolute Gasteiger partial charge is 0.410 e. The number of carbonyl (C=O) groups is 1. The van der Waals surface area contributed by atoms with E-state index in [4.69, 9.17) is 19.7 Å². The van der Waals surface area contributed by atoms with Crippen molar-refractivity contribution in [3.63, 3.8) is 0 Å². The zero-order valence-corrected chi connectivity index (χ0v) is 33.6. The predicted octanol–water partition coefficient (Wildman–Crippen LogP) is 5.81. The fraction of sp³-hybridized carbons (Fsp3) is 0.667. The number of carbonyl (C=O) groups excluding carboxylic acids is 1. The van der Waals surface area contributed by atoms with Crippen LogP contribution in [0.15, 0.2) is 51.5 Å². The van der Waals surface area contributed by atoms with Gasteiger partial charge in [-0.15, -0.1) is 0 Å². The van der Waals surface area contributed by atoms with Crippen LogP contribution in [0.3, 0.4) is 0 Å².